The van der Waals surface area contributed by atoms with E-state index in [1.807, 2.05) is 10.9 Å². The lowest BCUT2D eigenvalue weighted by atomic mass is 10.1. The van der Waals surface area contributed by atoms with Gasteiger partial charge in [-0.3, -0.25) is 9.58 Å². The van der Waals surface area contributed by atoms with Crippen LogP contribution in [0.5, 0.6) is 0 Å². The summed E-state index contributed by atoms with van der Waals surface area (Å²) in [5, 5.41) is 4.34. The van der Waals surface area contributed by atoms with Gasteiger partial charge in [-0.05, 0) is 26.5 Å². The summed E-state index contributed by atoms with van der Waals surface area (Å²) in [5.74, 6) is 0. The summed E-state index contributed by atoms with van der Waals surface area (Å²) in [6.45, 7) is 6.57. The third kappa shape index (κ3) is 3.46. The maximum Gasteiger partial charge on any atom is 0.0538 e. The average Bonchev–Trinajstić information content (AvgIpc) is 2.91. The molecule has 2 N–H and O–H groups in total. The van der Waals surface area contributed by atoms with E-state index in [0.717, 1.165) is 13.1 Å². The van der Waals surface area contributed by atoms with Crippen LogP contribution in [0.3, 0.4) is 0 Å². The molecule has 0 saturated heterocycles. The summed E-state index contributed by atoms with van der Waals surface area (Å²) in [6.07, 6.45) is 4.01. The molecule has 0 aliphatic heterocycles. The molecule has 0 saturated carbocycles. The number of aromatic nitrogens is 2. The van der Waals surface area contributed by atoms with Crippen molar-refractivity contribution in [2.45, 2.75) is 33.0 Å². The molecule has 0 aliphatic carbocycles. The summed E-state index contributed by atoms with van der Waals surface area (Å²) in [5.41, 5.74) is 9.73. The second-order valence-electron chi connectivity index (χ2n) is 5.28. The summed E-state index contributed by atoms with van der Waals surface area (Å²) < 4.78 is 1.94. The van der Waals surface area contributed by atoms with Crippen LogP contribution in [0.1, 0.15) is 29.7 Å². The highest BCUT2D eigenvalue weighted by molar-refractivity contribution is 5.21. The molecule has 0 amide bonds. The zero-order valence-electron chi connectivity index (χ0n) is 12.6. The minimum absolute atomic E-state index is 0.205. The van der Waals surface area contributed by atoms with Crippen molar-refractivity contribution in [2.24, 2.45) is 5.73 Å². The Balaban J connectivity index is 2.08. The van der Waals surface area contributed by atoms with Crippen LogP contribution in [0.25, 0.3) is 0 Å². The number of hydrogen-bond acceptors (Lipinski definition) is 3. The van der Waals surface area contributed by atoms with Crippen LogP contribution in [0, 0.1) is 6.92 Å². The molecular weight excluding hydrogens is 248 g/mol. The molecule has 108 valence electrons. The van der Waals surface area contributed by atoms with E-state index in [1.165, 1.54) is 16.7 Å². The largest absolute Gasteiger partial charge is 0.329 e. The third-order valence-electron chi connectivity index (χ3n) is 3.67. The molecule has 2 rings (SSSR count). The standard InChI is InChI=1S/C16H24N4/c1-4-20-12-15(10-18-20)16(9-17)19(3)11-14-7-5-13(2)6-8-14/h5-8,10,12,16H,4,9,11,17H2,1-3H3. The minimum Gasteiger partial charge on any atom is -0.329 e. The Hall–Kier alpha value is -1.65. The quantitative estimate of drug-likeness (QED) is 0.878. The number of nitrogens with two attached hydrogens (primary N) is 1. The van der Waals surface area contributed by atoms with Gasteiger partial charge in [-0.15, -0.1) is 0 Å². The van der Waals surface area contributed by atoms with Crippen LogP contribution in [-0.4, -0.2) is 28.3 Å². The average molecular weight is 272 g/mol. The minimum atomic E-state index is 0.205. The molecule has 0 fully saturated rings. The molecule has 20 heavy (non-hydrogen) atoms. The number of aryl methyl sites for hydroxylation is 2. The van der Waals surface area contributed by atoms with E-state index in [2.05, 4.69) is 61.4 Å². The van der Waals surface area contributed by atoms with Crippen molar-refractivity contribution in [1.82, 2.24) is 14.7 Å². The highest BCUT2D eigenvalue weighted by Crippen LogP contribution is 2.20. The van der Waals surface area contributed by atoms with Crippen molar-refractivity contribution < 1.29 is 0 Å². The predicted molar refractivity (Wildman–Crippen MR) is 82.3 cm³/mol. The second kappa shape index (κ2) is 6.68. The summed E-state index contributed by atoms with van der Waals surface area (Å²) in [4.78, 5) is 2.28. The highest BCUT2D eigenvalue weighted by atomic mass is 15.3. The van der Waals surface area contributed by atoms with E-state index in [0.29, 0.717) is 6.54 Å². The van der Waals surface area contributed by atoms with Crippen LogP contribution in [0.4, 0.5) is 0 Å². The van der Waals surface area contributed by atoms with Crippen LogP contribution in [-0.2, 0) is 13.1 Å². The normalized spacial score (nSPS) is 12.8. The summed E-state index contributed by atoms with van der Waals surface area (Å²) in [7, 11) is 2.11. The van der Waals surface area contributed by atoms with Gasteiger partial charge < -0.3 is 5.73 Å². The number of benzene rings is 1. The van der Waals surface area contributed by atoms with Crippen LogP contribution >= 0.6 is 0 Å². The van der Waals surface area contributed by atoms with Crippen molar-refractivity contribution in [2.75, 3.05) is 13.6 Å². The van der Waals surface area contributed by atoms with Crippen molar-refractivity contribution >= 4 is 0 Å². The van der Waals surface area contributed by atoms with Gasteiger partial charge in [-0.25, -0.2) is 0 Å². The Bertz CT molecular complexity index is 530. The number of nitrogens with zero attached hydrogens (tertiary/aromatic N) is 3. The molecule has 2 aromatic rings. The molecule has 1 unspecified atom stereocenters. The smallest absolute Gasteiger partial charge is 0.0538 e. The van der Waals surface area contributed by atoms with Gasteiger partial charge in [0.25, 0.3) is 0 Å². The second-order valence-corrected chi connectivity index (χ2v) is 5.28. The summed E-state index contributed by atoms with van der Waals surface area (Å²) in [6, 6.07) is 8.85. The lowest BCUT2D eigenvalue weighted by Crippen LogP contribution is -2.30. The molecule has 0 aliphatic rings. The number of hydrogen-bond donors (Lipinski definition) is 1. The maximum absolute atomic E-state index is 5.96. The molecule has 1 aromatic heterocycles. The SMILES string of the molecule is CCn1cc(C(CN)N(C)Cc2ccc(C)cc2)cn1. The third-order valence-corrected chi connectivity index (χ3v) is 3.67. The maximum atomic E-state index is 5.96. The van der Waals surface area contributed by atoms with E-state index in [4.69, 9.17) is 5.73 Å². The highest BCUT2D eigenvalue weighted by Gasteiger charge is 2.17. The summed E-state index contributed by atoms with van der Waals surface area (Å²) >= 11 is 0. The Kier molecular flexibility index (Phi) is 4.93. The van der Waals surface area contributed by atoms with Gasteiger partial charge in [0.2, 0.25) is 0 Å². The van der Waals surface area contributed by atoms with Crippen molar-refractivity contribution in [3.05, 3.63) is 53.3 Å². The first kappa shape index (κ1) is 14.8. The first-order valence-corrected chi connectivity index (χ1v) is 7.12. The van der Waals surface area contributed by atoms with Gasteiger partial charge >= 0.3 is 0 Å². The Morgan fingerprint density at radius 2 is 2.00 bits per heavy atom. The van der Waals surface area contributed by atoms with Crippen LogP contribution in [0.15, 0.2) is 36.7 Å². The number of likely N-dealkylation sites (N-methyl/N-ethyl adjacent to an activating group) is 1. The Morgan fingerprint density at radius 3 is 2.55 bits per heavy atom. The van der Waals surface area contributed by atoms with Gasteiger partial charge in [0, 0.05) is 31.4 Å². The number of rotatable bonds is 6. The van der Waals surface area contributed by atoms with Gasteiger partial charge in [-0.2, -0.15) is 5.10 Å². The first-order chi connectivity index (χ1) is 9.63. The van der Waals surface area contributed by atoms with Gasteiger partial charge in [-0.1, -0.05) is 29.8 Å². The Morgan fingerprint density at radius 1 is 1.30 bits per heavy atom. The van der Waals surface area contributed by atoms with Crippen molar-refractivity contribution in [3.8, 4) is 0 Å². The molecule has 0 spiro atoms. The van der Waals surface area contributed by atoms with E-state index >= 15 is 0 Å². The Labute approximate surface area is 121 Å². The van der Waals surface area contributed by atoms with Gasteiger partial charge in [0.15, 0.2) is 0 Å². The monoisotopic (exact) mass is 272 g/mol. The van der Waals surface area contributed by atoms with Crippen molar-refractivity contribution in [3.63, 3.8) is 0 Å². The molecule has 4 nitrogen and oxygen atoms in total. The van der Waals surface area contributed by atoms with Crippen LogP contribution in [0.2, 0.25) is 0 Å². The molecule has 1 aromatic carbocycles. The zero-order chi connectivity index (χ0) is 14.5. The first-order valence-electron chi connectivity index (χ1n) is 7.12. The van der Waals surface area contributed by atoms with Crippen molar-refractivity contribution in [1.29, 1.82) is 0 Å². The van der Waals surface area contributed by atoms with E-state index < -0.39 is 0 Å². The molecule has 1 heterocycles. The fourth-order valence-corrected chi connectivity index (χ4v) is 2.39. The fraction of sp³-hybridized carbons (Fsp3) is 0.438. The van der Waals surface area contributed by atoms with Crippen LogP contribution < -0.4 is 5.73 Å². The molecule has 4 heteroatoms. The molecule has 0 bridgehead atoms. The predicted octanol–water partition coefficient (Wildman–Crippen LogP) is 2.34. The lowest BCUT2D eigenvalue weighted by Gasteiger charge is -2.26. The lowest BCUT2D eigenvalue weighted by molar-refractivity contribution is 0.241. The molecular formula is C16H24N4. The van der Waals surface area contributed by atoms with Gasteiger partial charge in [0.05, 0.1) is 12.2 Å². The van der Waals surface area contributed by atoms with E-state index in [-0.39, 0.29) is 6.04 Å². The van der Waals surface area contributed by atoms with Gasteiger partial charge in [0.1, 0.15) is 0 Å². The van der Waals surface area contributed by atoms with E-state index in [9.17, 15) is 0 Å². The fourth-order valence-electron chi connectivity index (χ4n) is 2.39. The molecule has 0 radical (unpaired) electrons. The zero-order valence-corrected chi connectivity index (χ0v) is 12.6. The topological polar surface area (TPSA) is 47.1 Å². The van der Waals surface area contributed by atoms with E-state index in [1.54, 1.807) is 0 Å². The molecule has 1 atom stereocenters.